The highest BCUT2D eigenvalue weighted by atomic mass is 15.1. The first-order chi connectivity index (χ1) is 19.7. The van der Waals surface area contributed by atoms with Gasteiger partial charge in [0.1, 0.15) is 5.82 Å². The third kappa shape index (κ3) is 3.45. The summed E-state index contributed by atoms with van der Waals surface area (Å²) < 4.78 is 2.21. The zero-order chi connectivity index (χ0) is 27.1. The van der Waals surface area contributed by atoms with Gasteiger partial charge in [-0.05, 0) is 64.4 Å². The molecule has 0 aliphatic heterocycles. The molecule has 4 aromatic carbocycles. The quantitative estimate of drug-likeness (QED) is 0.162. The first-order valence-corrected chi connectivity index (χ1v) is 13.4. The van der Waals surface area contributed by atoms with Crippen LogP contribution < -0.4 is 0 Å². The Balaban J connectivity index is 1.56. The summed E-state index contributed by atoms with van der Waals surface area (Å²) in [5.74, 6) is 0.844. The summed E-state index contributed by atoms with van der Waals surface area (Å²) in [6.45, 7) is 7.70. The van der Waals surface area contributed by atoms with Gasteiger partial charge >= 0.3 is 0 Å². The molecule has 0 fully saturated rings. The lowest BCUT2D eigenvalue weighted by Crippen LogP contribution is -2.28. The summed E-state index contributed by atoms with van der Waals surface area (Å²) in [5, 5.41) is 1.17. The maximum absolute atomic E-state index is 5.00. The summed E-state index contributed by atoms with van der Waals surface area (Å²) in [4.78, 5) is 8.82. The lowest BCUT2D eigenvalue weighted by atomic mass is 9.67. The van der Waals surface area contributed by atoms with Gasteiger partial charge in [0.15, 0.2) is 0 Å². The maximum atomic E-state index is 5.00. The molecule has 0 amide bonds. The van der Waals surface area contributed by atoms with E-state index in [2.05, 4.69) is 132 Å². The predicted octanol–water partition coefficient (Wildman–Crippen LogP) is 8.62. The van der Waals surface area contributed by atoms with Crippen LogP contribution in [0.25, 0.3) is 33.4 Å². The molecule has 3 nitrogen and oxygen atoms in total. The van der Waals surface area contributed by atoms with E-state index in [1.54, 1.807) is 6.20 Å². The second-order valence-corrected chi connectivity index (χ2v) is 10.0. The summed E-state index contributed by atoms with van der Waals surface area (Å²) in [6, 6.07) is 43.4. The molecule has 0 atom stereocenters. The zero-order valence-corrected chi connectivity index (χ0v) is 22.0. The van der Waals surface area contributed by atoms with E-state index < -0.39 is 5.41 Å². The van der Waals surface area contributed by atoms with E-state index in [1.165, 1.54) is 38.8 Å². The third-order valence-corrected chi connectivity index (χ3v) is 7.96. The number of aliphatic imine (C=N–C) groups is 1. The Bertz CT molecular complexity index is 1890. The van der Waals surface area contributed by atoms with Gasteiger partial charge < -0.3 is 4.57 Å². The van der Waals surface area contributed by atoms with E-state index in [1.807, 2.05) is 24.3 Å². The van der Waals surface area contributed by atoms with Gasteiger partial charge in [-0.3, -0.25) is 4.99 Å². The Morgan fingerprint density at radius 1 is 0.725 bits per heavy atom. The SMILES string of the molecule is C=N/C=C\C(=C)c1cccc(-n2ccc3ccc4c(c32)-c2ccccc2C4(c2ccccc2)c2ccccc2)n1. The Morgan fingerprint density at radius 3 is 2.15 bits per heavy atom. The molecule has 0 N–H and O–H groups in total. The number of allylic oxidation sites excluding steroid dienone is 2. The molecule has 1 aliphatic carbocycles. The van der Waals surface area contributed by atoms with E-state index in [0.29, 0.717) is 0 Å². The molecule has 0 unspecified atom stereocenters. The van der Waals surface area contributed by atoms with Crippen molar-refractivity contribution in [3.05, 3.63) is 174 Å². The predicted molar refractivity (Wildman–Crippen MR) is 166 cm³/mol. The topological polar surface area (TPSA) is 30.2 Å². The number of fused-ring (bicyclic) bond motifs is 5. The lowest BCUT2D eigenvalue weighted by Gasteiger charge is -2.33. The Labute approximate surface area is 234 Å². The highest BCUT2D eigenvalue weighted by molar-refractivity contribution is 6.03. The van der Waals surface area contributed by atoms with E-state index >= 15 is 0 Å². The van der Waals surface area contributed by atoms with Crippen molar-refractivity contribution in [2.45, 2.75) is 5.41 Å². The van der Waals surface area contributed by atoms with Crippen molar-refractivity contribution < 1.29 is 0 Å². The van der Waals surface area contributed by atoms with Gasteiger partial charge in [-0.1, -0.05) is 110 Å². The molecule has 0 saturated heterocycles. The van der Waals surface area contributed by atoms with Crippen molar-refractivity contribution in [1.82, 2.24) is 9.55 Å². The molecular formula is C37H27N3. The number of nitrogens with zero attached hydrogens (tertiary/aromatic N) is 3. The van der Waals surface area contributed by atoms with Crippen molar-refractivity contribution in [2.75, 3.05) is 0 Å². The average Bonchev–Trinajstić information content (AvgIpc) is 3.58. The van der Waals surface area contributed by atoms with E-state index in [-0.39, 0.29) is 0 Å². The second kappa shape index (κ2) is 9.48. The first-order valence-electron chi connectivity index (χ1n) is 13.4. The fourth-order valence-electron chi connectivity index (χ4n) is 6.31. The Hall–Kier alpha value is -5.28. The van der Waals surface area contributed by atoms with Crippen molar-refractivity contribution in [1.29, 1.82) is 0 Å². The number of benzene rings is 4. The van der Waals surface area contributed by atoms with Crippen LogP contribution in [-0.4, -0.2) is 16.3 Å². The molecule has 3 heteroatoms. The second-order valence-electron chi connectivity index (χ2n) is 10.0. The molecule has 0 spiro atoms. The van der Waals surface area contributed by atoms with Crippen LogP contribution in [0.2, 0.25) is 0 Å². The van der Waals surface area contributed by atoms with Crippen LogP contribution in [0.5, 0.6) is 0 Å². The molecule has 7 rings (SSSR count). The molecule has 6 aromatic rings. The number of hydrogen-bond donors (Lipinski definition) is 0. The van der Waals surface area contributed by atoms with Gasteiger partial charge in [0.2, 0.25) is 0 Å². The van der Waals surface area contributed by atoms with Crippen LogP contribution in [-0.2, 0) is 5.41 Å². The fraction of sp³-hybridized carbons (Fsp3) is 0.0270. The van der Waals surface area contributed by atoms with Gasteiger partial charge in [0.05, 0.1) is 16.6 Å². The van der Waals surface area contributed by atoms with Gasteiger partial charge in [-0.15, -0.1) is 0 Å². The van der Waals surface area contributed by atoms with Crippen LogP contribution in [0, 0.1) is 0 Å². The zero-order valence-electron chi connectivity index (χ0n) is 22.0. The number of rotatable bonds is 6. The molecule has 2 heterocycles. The minimum Gasteiger partial charge on any atom is -0.301 e. The lowest BCUT2D eigenvalue weighted by molar-refractivity contribution is 0.769. The minimum absolute atomic E-state index is 0.441. The number of aromatic nitrogens is 2. The summed E-state index contributed by atoms with van der Waals surface area (Å²) in [7, 11) is 0. The van der Waals surface area contributed by atoms with Crippen LogP contribution in [0.1, 0.15) is 27.9 Å². The molecule has 1 aliphatic rings. The van der Waals surface area contributed by atoms with Crippen LogP contribution in [0.3, 0.4) is 0 Å². The minimum atomic E-state index is -0.441. The molecule has 0 bridgehead atoms. The maximum Gasteiger partial charge on any atom is 0.137 e. The van der Waals surface area contributed by atoms with Crippen molar-refractivity contribution >= 4 is 23.2 Å². The smallest absolute Gasteiger partial charge is 0.137 e. The Morgan fingerprint density at radius 2 is 1.43 bits per heavy atom. The van der Waals surface area contributed by atoms with E-state index in [9.17, 15) is 0 Å². The standard InChI is InChI=1S/C37H27N3/c1-26(22-24-38-2)33-18-11-19-34(39-33)40-25-23-27-20-21-32-35(36(27)40)30-16-9-10-17-31(30)37(32,28-12-5-3-6-13-28)29-14-7-4-8-15-29/h3-25H,1-2H2/b24-22-. The summed E-state index contributed by atoms with van der Waals surface area (Å²) in [5.41, 5.74) is 9.86. The number of pyridine rings is 1. The van der Waals surface area contributed by atoms with Crippen molar-refractivity contribution in [2.24, 2.45) is 4.99 Å². The molecule has 0 radical (unpaired) electrons. The summed E-state index contributed by atoms with van der Waals surface area (Å²) in [6.07, 6.45) is 5.59. The molecule has 2 aromatic heterocycles. The monoisotopic (exact) mass is 513 g/mol. The molecule has 0 saturated carbocycles. The number of hydrogen-bond acceptors (Lipinski definition) is 2. The van der Waals surface area contributed by atoms with Crippen LogP contribution in [0.15, 0.2) is 151 Å². The van der Waals surface area contributed by atoms with E-state index in [4.69, 9.17) is 4.98 Å². The van der Waals surface area contributed by atoms with Gasteiger partial charge in [-0.25, -0.2) is 4.98 Å². The summed E-state index contributed by atoms with van der Waals surface area (Å²) >= 11 is 0. The van der Waals surface area contributed by atoms with Gasteiger partial charge in [0, 0.05) is 23.3 Å². The normalized spacial score (nSPS) is 13.3. The molecule has 40 heavy (non-hydrogen) atoms. The van der Waals surface area contributed by atoms with E-state index in [0.717, 1.165) is 22.6 Å². The average molecular weight is 514 g/mol. The molecule has 190 valence electrons. The highest BCUT2D eigenvalue weighted by Gasteiger charge is 2.46. The first kappa shape index (κ1) is 23.8. The van der Waals surface area contributed by atoms with Gasteiger partial charge in [0.25, 0.3) is 0 Å². The molecular weight excluding hydrogens is 486 g/mol. The van der Waals surface area contributed by atoms with Gasteiger partial charge in [-0.2, -0.15) is 0 Å². The fourth-order valence-corrected chi connectivity index (χ4v) is 6.31. The Kier molecular flexibility index (Phi) is 5.64. The van der Waals surface area contributed by atoms with Crippen LogP contribution in [0.4, 0.5) is 0 Å². The highest BCUT2D eigenvalue weighted by Crippen LogP contribution is 2.57. The van der Waals surface area contributed by atoms with Crippen molar-refractivity contribution in [3.63, 3.8) is 0 Å². The largest absolute Gasteiger partial charge is 0.301 e. The third-order valence-electron chi connectivity index (χ3n) is 7.96. The van der Waals surface area contributed by atoms with Crippen LogP contribution >= 0.6 is 0 Å². The van der Waals surface area contributed by atoms with Crippen molar-refractivity contribution in [3.8, 4) is 16.9 Å².